The van der Waals surface area contributed by atoms with E-state index in [0.29, 0.717) is 5.56 Å². The topological polar surface area (TPSA) is 52.3 Å². The molecule has 0 spiro atoms. The van der Waals surface area contributed by atoms with E-state index in [4.69, 9.17) is 10.5 Å². The number of hydrogen-bond acceptors (Lipinski definition) is 3. The summed E-state index contributed by atoms with van der Waals surface area (Å²) >= 11 is 0. The van der Waals surface area contributed by atoms with Crippen molar-refractivity contribution >= 4 is 5.97 Å². The summed E-state index contributed by atoms with van der Waals surface area (Å²) in [6, 6.07) is 3.77. The van der Waals surface area contributed by atoms with Crippen molar-refractivity contribution in [2.45, 2.75) is 45.0 Å². The van der Waals surface area contributed by atoms with Crippen LogP contribution in [0.3, 0.4) is 0 Å². The van der Waals surface area contributed by atoms with E-state index in [1.54, 1.807) is 20.8 Å². The Labute approximate surface area is 115 Å². The molecular weight excluding hydrogens is 271 g/mol. The zero-order valence-electron chi connectivity index (χ0n) is 11.6. The summed E-state index contributed by atoms with van der Waals surface area (Å²) in [5.74, 6) is -0.630. The van der Waals surface area contributed by atoms with E-state index in [2.05, 4.69) is 0 Å². The second kappa shape index (κ2) is 5.83. The third kappa shape index (κ3) is 5.21. The van der Waals surface area contributed by atoms with Gasteiger partial charge in [-0.2, -0.15) is 13.2 Å². The van der Waals surface area contributed by atoms with Crippen LogP contribution in [-0.2, 0) is 22.1 Å². The van der Waals surface area contributed by atoms with Gasteiger partial charge in [-0.05, 0) is 38.8 Å². The van der Waals surface area contributed by atoms with Crippen LogP contribution < -0.4 is 5.73 Å². The number of carbonyl (C=O) groups is 1. The normalized spacial score (nSPS) is 13.9. The molecule has 112 valence electrons. The SMILES string of the molecule is CC(C)(C)OC(=O)[C@@H](N)Cc1cccc(C(F)(F)F)c1. The van der Waals surface area contributed by atoms with Gasteiger partial charge in [0.25, 0.3) is 0 Å². The maximum absolute atomic E-state index is 12.6. The zero-order valence-corrected chi connectivity index (χ0v) is 11.6. The lowest BCUT2D eigenvalue weighted by Crippen LogP contribution is -2.38. The minimum Gasteiger partial charge on any atom is -0.459 e. The molecule has 20 heavy (non-hydrogen) atoms. The van der Waals surface area contributed by atoms with E-state index < -0.39 is 29.4 Å². The Kier molecular flexibility index (Phi) is 4.81. The maximum Gasteiger partial charge on any atom is 0.416 e. The highest BCUT2D eigenvalue weighted by molar-refractivity contribution is 5.76. The van der Waals surface area contributed by atoms with Crippen molar-refractivity contribution in [1.82, 2.24) is 0 Å². The van der Waals surface area contributed by atoms with Gasteiger partial charge in [0.2, 0.25) is 0 Å². The van der Waals surface area contributed by atoms with Gasteiger partial charge in [0.05, 0.1) is 5.56 Å². The molecule has 0 aliphatic rings. The van der Waals surface area contributed by atoms with Crippen LogP contribution in [0.25, 0.3) is 0 Å². The summed E-state index contributed by atoms with van der Waals surface area (Å²) in [5.41, 5.74) is 4.57. The Bertz CT molecular complexity index is 478. The predicted molar refractivity (Wildman–Crippen MR) is 69.0 cm³/mol. The highest BCUT2D eigenvalue weighted by Crippen LogP contribution is 2.29. The Hall–Kier alpha value is -1.56. The molecule has 0 saturated carbocycles. The molecule has 1 aromatic carbocycles. The molecule has 0 aromatic heterocycles. The Morgan fingerprint density at radius 3 is 2.40 bits per heavy atom. The average Bonchev–Trinajstić information content (AvgIpc) is 2.25. The lowest BCUT2D eigenvalue weighted by atomic mass is 10.0. The second-order valence-corrected chi connectivity index (χ2v) is 5.54. The van der Waals surface area contributed by atoms with Crippen LogP contribution in [0.1, 0.15) is 31.9 Å². The van der Waals surface area contributed by atoms with Crippen molar-refractivity contribution < 1.29 is 22.7 Å². The van der Waals surface area contributed by atoms with E-state index in [1.165, 1.54) is 12.1 Å². The number of esters is 1. The van der Waals surface area contributed by atoms with Crippen molar-refractivity contribution in [1.29, 1.82) is 0 Å². The van der Waals surface area contributed by atoms with Crippen molar-refractivity contribution in [3.8, 4) is 0 Å². The number of ether oxygens (including phenoxy) is 1. The summed E-state index contributed by atoms with van der Waals surface area (Å²) in [4.78, 5) is 11.7. The number of rotatable bonds is 3. The Balaban J connectivity index is 2.76. The van der Waals surface area contributed by atoms with Crippen LogP contribution in [0.5, 0.6) is 0 Å². The van der Waals surface area contributed by atoms with Gasteiger partial charge in [0, 0.05) is 0 Å². The predicted octanol–water partition coefficient (Wildman–Crippen LogP) is 2.92. The van der Waals surface area contributed by atoms with Crippen molar-refractivity contribution in [3.63, 3.8) is 0 Å². The van der Waals surface area contributed by atoms with Gasteiger partial charge in [-0.1, -0.05) is 18.2 Å². The molecule has 0 saturated heterocycles. The van der Waals surface area contributed by atoms with Gasteiger partial charge in [0.15, 0.2) is 0 Å². The van der Waals surface area contributed by atoms with Gasteiger partial charge in [-0.25, -0.2) is 0 Å². The molecule has 3 nitrogen and oxygen atoms in total. The van der Waals surface area contributed by atoms with Crippen molar-refractivity contribution in [2.24, 2.45) is 5.73 Å². The van der Waals surface area contributed by atoms with Crippen molar-refractivity contribution in [3.05, 3.63) is 35.4 Å². The summed E-state index contributed by atoms with van der Waals surface area (Å²) < 4.78 is 42.8. The molecule has 0 aliphatic heterocycles. The first-order valence-corrected chi connectivity index (χ1v) is 6.13. The van der Waals surface area contributed by atoms with Gasteiger partial charge in [-0.15, -0.1) is 0 Å². The molecule has 0 heterocycles. The lowest BCUT2D eigenvalue weighted by Gasteiger charge is -2.22. The molecule has 6 heteroatoms. The fourth-order valence-electron chi connectivity index (χ4n) is 1.59. The molecule has 0 radical (unpaired) electrons. The molecule has 0 aliphatic carbocycles. The monoisotopic (exact) mass is 289 g/mol. The third-order valence-corrected chi connectivity index (χ3v) is 2.42. The van der Waals surface area contributed by atoms with E-state index >= 15 is 0 Å². The largest absolute Gasteiger partial charge is 0.459 e. The standard InChI is InChI=1S/C14H18F3NO2/c1-13(2,3)20-12(19)11(18)8-9-5-4-6-10(7-9)14(15,16)17/h4-7,11H,8,18H2,1-3H3/t11-/m0/s1. The number of carbonyl (C=O) groups excluding carboxylic acids is 1. The molecule has 2 N–H and O–H groups in total. The smallest absolute Gasteiger partial charge is 0.416 e. The number of hydrogen-bond donors (Lipinski definition) is 1. The van der Waals surface area contributed by atoms with E-state index in [0.717, 1.165) is 12.1 Å². The molecule has 1 aromatic rings. The second-order valence-electron chi connectivity index (χ2n) is 5.54. The van der Waals surface area contributed by atoms with E-state index in [1.807, 2.05) is 0 Å². The van der Waals surface area contributed by atoms with Crippen LogP contribution in [0.2, 0.25) is 0 Å². The molecule has 0 amide bonds. The molecule has 1 atom stereocenters. The first kappa shape index (κ1) is 16.5. The lowest BCUT2D eigenvalue weighted by molar-refractivity contribution is -0.156. The van der Waals surface area contributed by atoms with Crippen LogP contribution in [0, 0.1) is 0 Å². The number of benzene rings is 1. The van der Waals surface area contributed by atoms with E-state index in [-0.39, 0.29) is 6.42 Å². The van der Waals surface area contributed by atoms with Crippen molar-refractivity contribution in [2.75, 3.05) is 0 Å². The fourth-order valence-corrected chi connectivity index (χ4v) is 1.59. The van der Waals surface area contributed by atoms with Gasteiger partial charge >= 0.3 is 12.1 Å². The fraction of sp³-hybridized carbons (Fsp3) is 0.500. The Morgan fingerprint density at radius 2 is 1.90 bits per heavy atom. The number of halogens is 3. The zero-order chi connectivity index (χ0) is 15.6. The minimum absolute atomic E-state index is 0.00116. The number of alkyl halides is 3. The highest BCUT2D eigenvalue weighted by Gasteiger charge is 2.30. The van der Waals surface area contributed by atoms with Crippen LogP contribution in [-0.4, -0.2) is 17.6 Å². The summed E-state index contributed by atoms with van der Waals surface area (Å²) in [6.07, 6.45) is -4.41. The average molecular weight is 289 g/mol. The van der Waals surface area contributed by atoms with E-state index in [9.17, 15) is 18.0 Å². The highest BCUT2D eigenvalue weighted by atomic mass is 19.4. The quantitative estimate of drug-likeness (QED) is 0.870. The molecule has 0 unspecified atom stereocenters. The first-order chi connectivity index (χ1) is 8.99. The first-order valence-electron chi connectivity index (χ1n) is 6.13. The third-order valence-electron chi connectivity index (χ3n) is 2.42. The summed E-state index contributed by atoms with van der Waals surface area (Å²) in [7, 11) is 0. The minimum atomic E-state index is -4.41. The van der Waals surface area contributed by atoms with Crippen LogP contribution >= 0.6 is 0 Å². The van der Waals surface area contributed by atoms with Gasteiger partial charge in [-0.3, -0.25) is 4.79 Å². The molecule has 1 rings (SSSR count). The van der Waals surface area contributed by atoms with Gasteiger partial charge < -0.3 is 10.5 Å². The molecule has 0 bridgehead atoms. The van der Waals surface area contributed by atoms with Crippen LogP contribution in [0.15, 0.2) is 24.3 Å². The number of nitrogens with two attached hydrogens (primary N) is 1. The Morgan fingerprint density at radius 1 is 1.30 bits per heavy atom. The summed E-state index contributed by atoms with van der Waals surface area (Å²) in [5, 5.41) is 0. The maximum atomic E-state index is 12.6. The molecular formula is C14H18F3NO2. The molecule has 0 fully saturated rings. The summed E-state index contributed by atoms with van der Waals surface area (Å²) in [6.45, 7) is 5.09. The van der Waals surface area contributed by atoms with Gasteiger partial charge in [0.1, 0.15) is 11.6 Å². The van der Waals surface area contributed by atoms with Crippen LogP contribution in [0.4, 0.5) is 13.2 Å².